The average Bonchev–Trinajstić information content (AvgIpc) is 3.24. The standard InChI is InChI=1S/C19H22N2O6/c1-12-7-21(17(25)20-15(12)24)16-14(8-22)19(10-18(19,11-23)27-16)26-9-13-5-3-2-4-6-13/h2-7,14,16,22-23H,8-11H2,1H3,(H,20,24,25). The molecule has 2 aromatic rings. The summed E-state index contributed by atoms with van der Waals surface area (Å²) in [6, 6.07) is 9.58. The van der Waals surface area contributed by atoms with Gasteiger partial charge in [-0.25, -0.2) is 4.79 Å². The van der Waals surface area contributed by atoms with E-state index in [4.69, 9.17) is 9.47 Å². The Morgan fingerprint density at radius 3 is 2.70 bits per heavy atom. The molecule has 144 valence electrons. The van der Waals surface area contributed by atoms with Crippen LogP contribution in [0.3, 0.4) is 0 Å². The zero-order valence-corrected chi connectivity index (χ0v) is 14.9. The maximum Gasteiger partial charge on any atom is 0.330 e. The smallest absolute Gasteiger partial charge is 0.330 e. The Labute approximate surface area is 155 Å². The van der Waals surface area contributed by atoms with Gasteiger partial charge in [-0.3, -0.25) is 14.3 Å². The minimum absolute atomic E-state index is 0.286. The van der Waals surface area contributed by atoms with Gasteiger partial charge in [-0.2, -0.15) is 0 Å². The first kappa shape index (κ1) is 18.1. The number of aryl methyl sites for hydroxylation is 1. The maximum absolute atomic E-state index is 12.3. The molecular weight excluding hydrogens is 352 g/mol. The van der Waals surface area contributed by atoms with Crippen LogP contribution in [0.1, 0.15) is 23.8 Å². The lowest BCUT2D eigenvalue weighted by Gasteiger charge is -2.26. The Bertz CT molecular complexity index is 955. The predicted octanol–water partition coefficient (Wildman–Crippen LogP) is 0.0727. The molecule has 2 aliphatic rings. The molecule has 1 saturated heterocycles. The van der Waals surface area contributed by atoms with Crippen LogP contribution >= 0.6 is 0 Å². The number of H-pyrrole nitrogens is 1. The first-order valence-electron chi connectivity index (χ1n) is 8.86. The summed E-state index contributed by atoms with van der Waals surface area (Å²) in [5.41, 5.74) is -1.63. The quantitative estimate of drug-likeness (QED) is 0.660. The van der Waals surface area contributed by atoms with Crippen molar-refractivity contribution in [3.8, 4) is 0 Å². The van der Waals surface area contributed by atoms with Crippen molar-refractivity contribution in [1.82, 2.24) is 9.55 Å². The molecule has 1 saturated carbocycles. The number of aromatic amines is 1. The second-order valence-electron chi connectivity index (χ2n) is 7.27. The topological polar surface area (TPSA) is 114 Å². The van der Waals surface area contributed by atoms with Gasteiger partial charge in [0.2, 0.25) is 0 Å². The summed E-state index contributed by atoms with van der Waals surface area (Å²) in [7, 11) is 0. The SMILES string of the molecule is Cc1cn(C2OC3(CO)CC3(OCc3ccccc3)C2CO)c(=O)[nH]c1=O. The molecule has 4 unspecified atom stereocenters. The highest BCUT2D eigenvalue weighted by molar-refractivity contribution is 5.29. The number of aliphatic hydroxyl groups is 2. The number of aromatic nitrogens is 2. The van der Waals surface area contributed by atoms with Gasteiger partial charge in [-0.05, 0) is 12.5 Å². The van der Waals surface area contributed by atoms with Gasteiger partial charge in [0.05, 0.1) is 25.7 Å². The van der Waals surface area contributed by atoms with E-state index in [0.717, 1.165) is 5.56 Å². The third kappa shape index (κ3) is 2.68. The molecule has 0 amide bonds. The van der Waals surface area contributed by atoms with E-state index in [-0.39, 0.29) is 13.2 Å². The number of hydrogen-bond donors (Lipinski definition) is 3. The summed E-state index contributed by atoms with van der Waals surface area (Å²) < 4.78 is 13.5. The molecule has 4 atom stereocenters. The van der Waals surface area contributed by atoms with E-state index in [2.05, 4.69) is 4.98 Å². The summed E-state index contributed by atoms with van der Waals surface area (Å²) >= 11 is 0. The van der Waals surface area contributed by atoms with Gasteiger partial charge in [-0.1, -0.05) is 30.3 Å². The number of aliphatic hydroxyl groups excluding tert-OH is 2. The van der Waals surface area contributed by atoms with Gasteiger partial charge in [0, 0.05) is 18.2 Å². The third-order valence-corrected chi connectivity index (χ3v) is 5.70. The minimum atomic E-state index is -0.969. The molecule has 27 heavy (non-hydrogen) atoms. The van der Waals surface area contributed by atoms with Crippen molar-refractivity contribution in [2.24, 2.45) is 5.92 Å². The average molecular weight is 374 g/mol. The van der Waals surface area contributed by atoms with Crippen LogP contribution in [0.25, 0.3) is 0 Å². The molecule has 1 aromatic carbocycles. The van der Waals surface area contributed by atoms with Crippen LogP contribution in [0.15, 0.2) is 46.1 Å². The lowest BCUT2D eigenvalue weighted by Crippen LogP contribution is -2.39. The molecule has 0 radical (unpaired) electrons. The van der Waals surface area contributed by atoms with Gasteiger partial charge < -0.3 is 19.7 Å². The molecule has 2 heterocycles. The monoisotopic (exact) mass is 374 g/mol. The normalized spacial score (nSPS) is 31.7. The predicted molar refractivity (Wildman–Crippen MR) is 95.2 cm³/mol. The first-order valence-corrected chi connectivity index (χ1v) is 8.86. The fraction of sp³-hybridized carbons (Fsp3) is 0.474. The van der Waals surface area contributed by atoms with Crippen molar-refractivity contribution >= 4 is 0 Å². The van der Waals surface area contributed by atoms with E-state index < -0.39 is 34.6 Å². The minimum Gasteiger partial charge on any atom is -0.396 e. The van der Waals surface area contributed by atoms with Crippen molar-refractivity contribution in [2.75, 3.05) is 13.2 Å². The van der Waals surface area contributed by atoms with Crippen LogP contribution in [0, 0.1) is 12.8 Å². The Hall–Kier alpha value is -2.26. The lowest BCUT2D eigenvalue weighted by atomic mass is 9.98. The molecular formula is C19H22N2O6. The third-order valence-electron chi connectivity index (χ3n) is 5.70. The number of hydrogen-bond acceptors (Lipinski definition) is 6. The Kier molecular flexibility index (Phi) is 4.31. The lowest BCUT2D eigenvalue weighted by molar-refractivity contribution is -0.0806. The number of nitrogens with one attached hydrogen (secondary N) is 1. The summed E-state index contributed by atoms with van der Waals surface area (Å²) in [4.78, 5) is 26.2. The van der Waals surface area contributed by atoms with Crippen LogP contribution in [0.2, 0.25) is 0 Å². The van der Waals surface area contributed by atoms with Crippen LogP contribution in [0.4, 0.5) is 0 Å². The van der Waals surface area contributed by atoms with E-state index in [0.29, 0.717) is 18.6 Å². The molecule has 1 aliphatic heterocycles. The summed E-state index contributed by atoms with van der Waals surface area (Å²) in [6.45, 7) is 1.31. The molecule has 1 aliphatic carbocycles. The summed E-state index contributed by atoms with van der Waals surface area (Å²) in [6.07, 6.45) is 1.01. The van der Waals surface area contributed by atoms with Crippen molar-refractivity contribution in [3.63, 3.8) is 0 Å². The molecule has 3 N–H and O–H groups in total. The van der Waals surface area contributed by atoms with E-state index in [1.165, 1.54) is 10.8 Å². The largest absolute Gasteiger partial charge is 0.396 e. The molecule has 8 heteroatoms. The molecule has 8 nitrogen and oxygen atoms in total. The highest BCUT2D eigenvalue weighted by Crippen LogP contribution is 2.67. The highest BCUT2D eigenvalue weighted by atomic mass is 16.6. The molecule has 0 spiro atoms. The Morgan fingerprint density at radius 1 is 1.30 bits per heavy atom. The van der Waals surface area contributed by atoms with Gasteiger partial charge in [0.15, 0.2) is 0 Å². The Morgan fingerprint density at radius 2 is 2.04 bits per heavy atom. The van der Waals surface area contributed by atoms with Gasteiger partial charge >= 0.3 is 5.69 Å². The van der Waals surface area contributed by atoms with Crippen LogP contribution in [0.5, 0.6) is 0 Å². The van der Waals surface area contributed by atoms with Crippen molar-refractivity contribution in [1.29, 1.82) is 0 Å². The fourth-order valence-electron chi connectivity index (χ4n) is 4.10. The van der Waals surface area contributed by atoms with Crippen LogP contribution in [-0.2, 0) is 16.1 Å². The van der Waals surface area contributed by atoms with Gasteiger partial charge in [0.25, 0.3) is 5.56 Å². The van der Waals surface area contributed by atoms with E-state index in [9.17, 15) is 19.8 Å². The highest BCUT2D eigenvalue weighted by Gasteiger charge is 2.80. The van der Waals surface area contributed by atoms with Crippen molar-refractivity contribution < 1.29 is 19.7 Å². The molecule has 2 fully saturated rings. The van der Waals surface area contributed by atoms with Crippen molar-refractivity contribution in [3.05, 3.63) is 68.5 Å². The second-order valence-corrected chi connectivity index (χ2v) is 7.27. The number of fused-ring (bicyclic) bond motifs is 1. The molecule has 1 aromatic heterocycles. The first-order chi connectivity index (χ1) is 13.0. The van der Waals surface area contributed by atoms with Crippen molar-refractivity contribution in [2.45, 2.75) is 37.4 Å². The van der Waals surface area contributed by atoms with Crippen LogP contribution in [-0.4, -0.2) is 44.2 Å². The zero-order valence-electron chi connectivity index (χ0n) is 14.9. The molecule has 0 bridgehead atoms. The van der Waals surface area contributed by atoms with Gasteiger partial charge in [0.1, 0.15) is 17.4 Å². The van der Waals surface area contributed by atoms with Crippen LogP contribution < -0.4 is 11.2 Å². The van der Waals surface area contributed by atoms with E-state index >= 15 is 0 Å². The fourth-order valence-corrected chi connectivity index (χ4v) is 4.10. The van der Waals surface area contributed by atoms with Gasteiger partial charge in [-0.15, -0.1) is 0 Å². The number of rotatable bonds is 6. The molecule has 4 rings (SSSR count). The maximum atomic E-state index is 12.3. The number of ether oxygens (including phenoxy) is 2. The van der Waals surface area contributed by atoms with E-state index in [1.807, 2.05) is 30.3 Å². The summed E-state index contributed by atoms with van der Waals surface area (Å²) in [5, 5.41) is 20.0. The zero-order chi connectivity index (χ0) is 19.2. The second kappa shape index (κ2) is 6.42. The Balaban J connectivity index is 1.67. The van der Waals surface area contributed by atoms with E-state index in [1.54, 1.807) is 6.92 Å². The number of nitrogens with zero attached hydrogens (tertiary/aromatic N) is 1. The summed E-state index contributed by atoms with van der Waals surface area (Å²) in [5.74, 6) is -0.559. The number of benzene rings is 1.